The molecule has 1 aromatic rings. The van der Waals surface area contributed by atoms with E-state index in [1.165, 1.54) is 76.0 Å². The summed E-state index contributed by atoms with van der Waals surface area (Å²) in [5.74, 6) is -8.12. The molecule has 6 heterocycles. The van der Waals surface area contributed by atoms with Crippen molar-refractivity contribution in [2.75, 3.05) is 39.6 Å². The number of carbonyl (C=O) groups is 4. The number of hydrogen-bond acceptors (Lipinski definition) is 33. The maximum absolute atomic E-state index is 13.7. The molecule has 0 spiro atoms. The predicted molar refractivity (Wildman–Crippen MR) is 359 cm³/mol. The SMILES string of the molecule is CCCCCCCCCCCCCCCCCC(=O)N[C@@H](CO[C@@H]1O[C@H](CO)[C@@H](O[C@@H]2O[C@H](CO)[C@H](O[C@@H]3O[C@H](CO)[C@H](O)[C@H](O[C@@H]4O[C@H](CO)[C@H](O)[C@H](O)[C@H]4O)[C@H]3NC(C)=O)[C@H](O[C@]3(C(=O)[O-])C[C@H](O)C(NC(C)=O)C([C@H](O)[C@H](O)CO)O3)[C@H]2O)[C@H](O)[C@H]1O)[C@H](O)/C=C/c1cc(=O)[nH]c(C(C)C)n1.[NH4+]. The van der Waals surface area contributed by atoms with Gasteiger partial charge in [-0.2, -0.15) is 0 Å². The van der Waals surface area contributed by atoms with Gasteiger partial charge in [0.1, 0.15) is 128 Å². The van der Waals surface area contributed by atoms with Crippen molar-refractivity contribution in [1.29, 1.82) is 0 Å². The number of rotatable bonds is 42. The van der Waals surface area contributed by atoms with Gasteiger partial charge in [0, 0.05) is 38.7 Å². The van der Waals surface area contributed by atoms with E-state index in [-0.39, 0.29) is 24.2 Å². The van der Waals surface area contributed by atoms with E-state index in [0.29, 0.717) is 12.2 Å². The van der Waals surface area contributed by atoms with Crippen LogP contribution in [0.25, 0.3) is 6.08 Å². The lowest BCUT2D eigenvalue weighted by molar-refractivity contribution is -0.421. The summed E-state index contributed by atoms with van der Waals surface area (Å²) in [5, 5.41) is 199. The van der Waals surface area contributed by atoms with Gasteiger partial charge in [-0.05, 0) is 12.5 Å². The standard InChI is InChI=1S/C67H113N5O32.H3N/c1-6-7-8-9-10-11-12-13-14-15-16-17-18-19-20-21-44(83)71-36(37(80)23-22-35-24-45(84)72-61(70-35)32(2)3)31-95-63-54(91)52(89)56(42(29-76)98-63)100-65-55(92)60(104-67(66(93)94)25-38(81)46(68-33(4)78)59(103-67)48(85)39(82)26-73)57(43(30-77)99-65)101-62-47(69-34(5)79)58(50(87)41(28-75)96-62)102-64-53(90)51(88)49(86)40(27-74)97-64;/h22-24,32,36-43,46-60,62-65,73-77,80-82,85-92H,6-21,25-31H2,1-5H3,(H,68,78)(H,69,79)(H,71,83)(H,93,94)(H,70,72,84);1H3/b23-22+;/t36-,37+,38-,39+,40+,41+,42+,43+,46?,47+,48+,49-,50-,51-,52+,53+,54+,55+,56+,57-,58+,59?,60+,62-,63+,64-,65-,67-;/m0./s1. The van der Waals surface area contributed by atoms with E-state index in [1.54, 1.807) is 13.8 Å². The molecule has 28 atom stereocenters. The molecule has 1 aromatic heterocycles. The van der Waals surface area contributed by atoms with Crippen molar-refractivity contribution in [3.63, 3.8) is 0 Å². The Balaban J connectivity index is 0.0000198. The van der Waals surface area contributed by atoms with Gasteiger partial charge < -0.3 is 166 Å². The summed E-state index contributed by atoms with van der Waals surface area (Å²) in [7, 11) is 0. The number of aromatic amines is 1. The van der Waals surface area contributed by atoms with Gasteiger partial charge in [0.25, 0.3) is 5.56 Å². The van der Waals surface area contributed by atoms with Gasteiger partial charge in [-0.1, -0.05) is 117 Å². The van der Waals surface area contributed by atoms with Crippen LogP contribution in [0.3, 0.4) is 0 Å². The van der Waals surface area contributed by atoms with Gasteiger partial charge in [0.05, 0.1) is 69.6 Å². The molecule has 2 unspecified atom stereocenters. The van der Waals surface area contributed by atoms with Crippen LogP contribution in [0, 0.1) is 0 Å². The molecule has 3 amide bonds. The average Bonchev–Trinajstić information content (AvgIpc) is 0.749. The van der Waals surface area contributed by atoms with Crippen molar-refractivity contribution in [1.82, 2.24) is 32.1 Å². The van der Waals surface area contributed by atoms with Crippen molar-refractivity contribution in [2.45, 2.75) is 321 Å². The Bertz CT molecular complexity index is 2840. The number of aliphatic hydroxyl groups is 16. The number of carboxylic acids is 1. The minimum absolute atomic E-state index is 0. The lowest BCUT2D eigenvalue weighted by Crippen LogP contribution is -2.73. The van der Waals surface area contributed by atoms with Crippen LogP contribution in [-0.4, -0.2) is 326 Å². The zero-order valence-electron chi connectivity index (χ0n) is 60.3. The third-order valence-corrected chi connectivity index (χ3v) is 19.1. The number of ether oxygens (including phenoxy) is 10. The van der Waals surface area contributed by atoms with Crippen LogP contribution in [0.4, 0.5) is 0 Å². The molecule has 105 heavy (non-hydrogen) atoms. The summed E-state index contributed by atoms with van der Waals surface area (Å²) in [5.41, 5.74) is -0.318. The number of nitrogens with zero attached hydrogens (tertiary/aromatic N) is 1. The van der Waals surface area contributed by atoms with Gasteiger partial charge in [0.15, 0.2) is 25.2 Å². The normalized spacial score (nSPS) is 34.9. The van der Waals surface area contributed by atoms with Crippen molar-refractivity contribution >= 4 is 29.8 Å². The van der Waals surface area contributed by atoms with E-state index in [2.05, 4.69) is 32.8 Å². The molecule has 6 rings (SSSR count). The molecular formula is C67H116N6O32. The molecule has 606 valence electrons. The zero-order valence-corrected chi connectivity index (χ0v) is 60.3. The van der Waals surface area contributed by atoms with Crippen LogP contribution in [0.2, 0.25) is 0 Å². The molecule has 5 aliphatic heterocycles. The molecule has 5 aliphatic rings. The third-order valence-electron chi connectivity index (χ3n) is 19.1. The summed E-state index contributed by atoms with van der Waals surface area (Å²) >= 11 is 0. The Hall–Kier alpha value is -4.58. The first-order valence-electron chi connectivity index (χ1n) is 35.9. The van der Waals surface area contributed by atoms with Gasteiger partial charge >= 0.3 is 0 Å². The van der Waals surface area contributed by atoms with E-state index in [0.717, 1.165) is 46.0 Å². The van der Waals surface area contributed by atoms with Crippen molar-refractivity contribution < 1.29 is 153 Å². The van der Waals surface area contributed by atoms with Gasteiger partial charge in [0.2, 0.25) is 23.5 Å². The Labute approximate surface area is 607 Å². The zero-order chi connectivity index (χ0) is 76.7. The summed E-state index contributed by atoms with van der Waals surface area (Å²) in [6.07, 6.45) is -32.9. The van der Waals surface area contributed by atoms with Crippen molar-refractivity contribution in [3.8, 4) is 0 Å². The average molecular weight is 1520 g/mol. The molecule has 0 aliphatic carbocycles. The maximum Gasteiger partial charge on any atom is 0.251 e. The monoisotopic (exact) mass is 1520 g/mol. The van der Waals surface area contributed by atoms with Crippen LogP contribution in [0.5, 0.6) is 0 Å². The summed E-state index contributed by atoms with van der Waals surface area (Å²) < 4.78 is 59.5. The first-order chi connectivity index (χ1) is 49.5. The Morgan fingerprint density at radius 2 is 1.12 bits per heavy atom. The van der Waals surface area contributed by atoms with Gasteiger partial charge in [-0.15, -0.1) is 0 Å². The number of aliphatic carboxylic acids is 1. The van der Waals surface area contributed by atoms with Gasteiger partial charge in [-0.25, -0.2) is 4.98 Å². The minimum Gasteiger partial charge on any atom is -0.544 e. The fraction of sp³-hybridized carbons (Fsp3) is 0.851. The van der Waals surface area contributed by atoms with E-state index in [4.69, 9.17) is 47.4 Å². The highest BCUT2D eigenvalue weighted by molar-refractivity contribution is 5.76. The van der Waals surface area contributed by atoms with Crippen LogP contribution in [0.1, 0.15) is 161 Å². The summed E-state index contributed by atoms with van der Waals surface area (Å²) in [6.45, 7) is 1.34. The molecule has 38 nitrogen and oxygen atoms in total. The molecule has 0 aromatic carbocycles. The number of aromatic nitrogens is 2. The highest BCUT2D eigenvalue weighted by Crippen LogP contribution is 2.41. The van der Waals surface area contributed by atoms with E-state index < -0.39 is 246 Å². The highest BCUT2D eigenvalue weighted by Gasteiger charge is 2.61. The second-order valence-corrected chi connectivity index (χ2v) is 27.6. The number of nitrogens with one attached hydrogen (secondary N) is 4. The summed E-state index contributed by atoms with van der Waals surface area (Å²) in [4.78, 5) is 72.4. The number of hydrogen-bond donors (Lipinski definition) is 21. The summed E-state index contributed by atoms with van der Waals surface area (Å²) in [6, 6.07) is -3.89. The number of H-pyrrole nitrogens is 1. The molecule has 0 bridgehead atoms. The molecule has 0 saturated carbocycles. The quantitative estimate of drug-likeness (QED) is 0.0271. The van der Waals surface area contributed by atoms with Crippen LogP contribution in [0.15, 0.2) is 16.9 Å². The van der Waals surface area contributed by atoms with Crippen molar-refractivity contribution in [2.24, 2.45) is 0 Å². The lowest BCUT2D eigenvalue weighted by Gasteiger charge is -2.54. The van der Waals surface area contributed by atoms with Crippen LogP contribution < -0.4 is 32.8 Å². The Kier molecular flexibility index (Phi) is 38.4. The minimum atomic E-state index is -3.52. The second-order valence-electron chi connectivity index (χ2n) is 27.6. The topological polar surface area (TPSA) is 626 Å². The first-order valence-corrected chi connectivity index (χ1v) is 35.9. The number of carbonyl (C=O) groups excluding carboxylic acids is 4. The predicted octanol–water partition coefficient (Wildman–Crippen LogP) is -6.34. The maximum atomic E-state index is 13.7. The highest BCUT2D eigenvalue weighted by atomic mass is 16.8. The first kappa shape index (κ1) is 91.0. The fourth-order valence-corrected chi connectivity index (χ4v) is 13.2. The fourth-order valence-electron chi connectivity index (χ4n) is 13.2. The number of quaternary nitrogens is 1. The molecule has 0 radical (unpaired) electrons. The van der Waals surface area contributed by atoms with Crippen molar-refractivity contribution in [3.05, 3.63) is 34.0 Å². The Morgan fingerprint density at radius 3 is 1.68 bits per heavy atom. The second kappa shape index (κ2) is 44.3. The largest absolute Gasteiger partial charge is 0.544 e. The third kappa shape index (κ3) is 25.2. The Morgan fingerprint density at radius 1 is 0.629 bits per heavy atom. The number of amides is 3. The molecule has 24 N–H and O–H groups in total. The molecule has 38 heteroatoms. The van der Waals surface area contributed by atoms with Crippen LogP contribution in [-0.2, 0) is 66.5 Å². The smallest absolute Gasteiger partial charge is 0.251 e. The molecule has 5 fully saturated rings. The van der Waals surface area contributed by atoms with E-state index in [1.807, 2.05) is 0 Å². The van der Waals surface area contributed by atoms with Crippen LogP contribution >= 0.6 is 0 Å². The van der Waals surface area contributed by atoms with Gasteiger partial charge in [-0.3, -0.25) is 19.2 Å². The number of unbranched alkanes of at least 4 members (excludes halogenated alkanes) is 14. The lowest BCUT2D eigenvalue weighted by atomic mass is 9.88. The number of carboxylic acid groups (broad SMARTS) is 1. The number of aliphatic hydroxyl groups excluding tert-OH is 16. The molecular weight excluding hydrogens is 1400 g/mol. The van der Waals surface area contributed by atoms with E-state index >= 15 is 0 Å². The molecule has 5 saturated heterocycles. The van der Waals surface area contributed by atoms with E-state index in [9.17, 15) is 111 Å².